The van der Waals surface area contributed by atoms with Crippen molar-refractivity contribution in [1.29, 1.82) is 0 Å². The van der Waals surface area contributed by atoms with Gasteiger partial charge in [0.25, 0.3) is 0 Å². The number of ether oxygens (including phenoxy) is 3. The smallest absolute Gasteiger partial charge is 0.307 e. The molecule has 3 aromatic carbocycles. The van der Waals surface area contributed by atoms with Crippen LogP contribution in [0.25, 0.3) is 5.69 Å². The number of hydrogen-bond donors (Lipinski definition) is 1. The number of carbonyl (C=O) groups excluding carboxylic acids is 1. The van der Waals surface area contributed by atoms with Crippen LogP contribution in [0.2, 0.25) is 0 Å². The summed E-state index contributed by atoms with van der Waals surface area (Å²) >= 11 is 3.57. The third-order valence-electron chi connectivity index (χ3n) is 6.57. The van der Waals surface area contributed by atoms with Gasteiger partial charge in [-0.1, -0.05) is 30.3 Å². The molecular formula is C34H32BrN3O5. The SMILES string of the molecule is CCOc1cc(/C=N/NC(=O)c2ccc(COc3ccc(-n4c(C)ccc4C)cc3)o2)cc(Br)c1OCc1ccccc1. The van der Waals surface area contributed by atoms with Crippen LogP contribution in [0.15, 0.2) is 105 Å². The van der Waals surface area contributed by atoms with Crippen molar-refractivity contribution in [2.45, 2.75) is 34.0 Å². The molecule has 9 heteroatoms. The summed E-state index contributed by atoms with van der Waals surface area (Å²) in [5, 5.41) is 4.09. The Morgan fingerprint density at radius 3 is 2.37 bits per heavy atom. The number of aromatic nitrogens is 1. The second-order valence-corrected chi connectivity index (χ2v) is 10.6. The maximum absolute atomic E-state index is 12.6. The minimum atomic E-state index is -0.476. The van der Waals surface area contributed by atoms with Crippen LogP contribution in [-0.4, -0.2) is 23.3 Å². The highest BCUT2D eigenvalue weighted by Gasteiger charge is 2.14. The molecule has 5 aromatic rings. The van der Waals surface area contributed by atoms with Crippen molar-refractivity contribution < 1.29 is 23.4 Å². The predicted molar refractivity (Wildman–Crippen MR) is 169 cm³/mol. The predicted octanol–water partition coefficient (Wildman–Crippen LogP) is 7.77. The van der Waals surface area contributed by atoms with Crippen LogP contribution in [0.1, 0.15) is 45.8 Å². The lowest BCUT2D eigenvalue weighted by molar-refractivity contribution is 0.0923. The molecule has 0 saturated carbocycles. The quantitative estimate of drug-likeness (QED) is 0.111. The number of rotatable bonds is 12. The second kappa shape index (κ2) is 13.9. The third-order valence-corrected chi connectivity index (χ3v) is 7.16. The normalized spacial score (nSPS) is 11.1. The Bertz CT molecular complexity index is 1690. The molecule has 0 aliphatic heterocycles. The standard InChI is InChI=1S/C34H32BrN3O5/c1-4-40-32-19-26(18-30(35)33(32)42-21-25-8-6-5-7-9-25)20-36-37-34(39)31-17-16-29(43-31)22-41-28-14-12-27(13-15-28)38-23(2)10-11-24(38)3/h5-20H,4,21-22H2,1-3H3,(H,37,39)/b36-20+. The van der Waals surface area contributed by atoms with Crippen LogP contribution in [0, 0.1) is 13.8 Å². The van der Waals surface area contributed by atoms with Gasteiger partial charge in [-0.3, -0.25) is 4.79 Å². The first-order valence-electron chi connectivity index (χ1n) is 13.8. The molecule has 43 heavy (non-hydrogen) atoms. The Labute approximate surface area is 259 Å². The average molecular weight is 643 g/mol. The molecule has 0 unspecified atom stereocenters. The number of amides is 1. The van der Waals surface area contributed by atoms with Gasteiger partial charge < -0.3 is 23.2 Å². The molecule has 2 heterocycles. The molecule has 2 aromatic heterocycles. The summed E-state index contributed by atoms with van der Waals surface area (Å²) in [7, 11) is 0. The van der Waals surface area contributed by atoms with E-state index in [9.17, 15) is 4.79 Å². The van der Waals surface area contributed by atoms with Crippen molar-refractivity contribution in [3.8, 4) is 22.9 Å². The van der Waals surface area contributed by atoms with Crippen molar-refractivity contribution in [2.24, 2.45) is 5.10 Å². The van der Waals surface area contributed by atoms with Gasteiger partial charge in [0.15, 0.2) is 17.3 Å². The molecule has 0 saturated heterocycles. The van der Waals surface area contributed by atoms with Crippen molar-refractivity contribution in [3.05, 3.63) is 130 Å². The van der Waals surface area contributed by atoms with E-state index in [0.29, 0.717) is 46.3 Å². The Morgan fingerprint density at radius 1 is 0.907 bits per heavy atom. The number of benzene rings is 3. The number of hydrazone groups is 1. The van der Waals surface area contributed by atoms with Gasteiger partial charge in [0.05, 0.1) is 17.3 Å². The van der Waals surface area contributed by atoms with E-state index in [1.807, 2.05) is 67.6 Å². The van der Waals surface area contributed by atoms with Crippen LogP contribution < -0.4 is 19.6 Å². The van der Waals surface area contributed by atoms with Gasteiger partial charge in [-0.2, -0.15) is 5.10 Å². The van der Waals surface area contributed by atoms with Crippen LogP contribution in [0.3, 0.4) is 0 Å². The maximum Gasteiger partial charge on any atom is 0.307 e. The van der Waals surface area contributed by atoms with Crippen LogP contribution >= 0.6 is 15.9 Å². The second-order valence-electron chi connectivity index (χ2n) is 9.74. The molecule has 0 radical (unpaired) electrons. The van der Waals surface area contributed by atoms with Crippen molar-refractivity contribution in [3.63, 3.8) is 0 Å². The van der Waals surface area contributed by atoms with Crippen molar-refractivity contribution in [2.75, 3.05) is 6.61 Å². The summed E-state index contributed by atoms with van der Waals surface area (Å²) in [6.07, 6.45) is 1.53. The largest absolute Gasteiger partial charge is 0.490 e. The average Bonchev–Trinajstić information content (AvgIpc) is 3.62. The molecule has 0 spiro atoms. The molecule has 0 atom stereocenters. The Kier molecular flexibility index (Phi) is 9.63. The highest BCUT2D eigenvalue weighted by molar-refractivity contribution is 9.10. The lowest BCUT2D eigenvalue weighted by Gasteiger charge is -2.14. The van der Waals surface area contributed by atoms with E-state index in [4.69, 9.17) is 18.6 Å². The monoisotopic (exact) mass is 641 g/mol. The zero-order chi connectivity index (χ0) is 30.2. The molecule has 5 rings (SSSR count). The number of nitrogens with zero attached hydrogens (tertiary/aromatic N) is 2. The van der Waals surface area contributed by atoms with Gasteiger partial charge in [0.1, 0.15) is 24.7 Å². The van der Waals surface area contributed by atoms with E-state index in [2.05, 4.69) is 57.0 Å². The number of halogens is 1. The summed E-state index contributed by atoms with van der Waals surface area (Å²) in [5.74, 6) is 2.04. The number of hydrogen-bond acceptors (Lipinski definition) is 6. The summed E-state index contributed by atoms with van der Waals surface area (Å²) in [6, 6.07) is 28.9. The number of furan rings is 1. The first-order valence-corrected chi connectivity index (χ1v) is 14.6. The van der Waals surface area contributed by atoms with E-state index in [0.717, 1.165) is 11.3 Å². The molecule has 1 amide bonds. The van der Waals surface area contributed by atoms with E-state index < -0.39 is 5.91 Å². The fourth-order valence-electron chi connectivity index (χ4n) is 4.51. The van der Waals surface area contributed by atoms with Crippen LogP contribution in [0.4, 0.5) is 0 Å². The lowest BCUT2D eigenvalue weighted by Crippen LogP contribution is -2.16. The first-order chi connectivity index (χ1) is 20.9. The highest BCUT2D eigenvalue weighted by atomic mass is 79.9. The van der Waals surface area contributed by atoms with E-state index >= 15 is 0 Å². The fraction of sp³-hybridized carbons (Fsp3) is 0.176. The Balaban J connectivity index is 1.16. The zero-order valence-electron chi connectivity index (χ0n) is 24.2. The molecule has 1 N–H and O–H groups in total. The fourth-order valence-corrected chi connectivity index (χ4v) is 5.09. The first kappa shape index (κ1) is 29.7. The van der Waals surface area contributed by atoms with Gasteiger partial charge in [0, 0.05) is 17.1 Å². The van der Waals surface area contributed by atoms with Gasteiger partial charge >= 0.3 is 5.91 Å². The summed E-state index contributed by atoms with van der Waals surface area (Å²) in [6.45, 7) is 7.11. The Morgan fingerprint density at radius 2 is 1.65 bits per heavy atom. The summed E-state index contributed by atoms with van der Waals surface area (Å²) < 4.78 is 26.3. The molecule has 0 aliphatic rings. The van der Waals surface area contributed by atoms with Crippen molar-refractivity contribution >= 4 is 28.1 Å². The van der Waals surface area contributed by atoms with Crippen LogP contribution in [-0.2, 0) is 13.2 Å². The highest BCUT2D eigenvalue weighted by Crippen LogP contribution is 2.37. The molecule has 0 aliphatic carbocycles. The van der Waals surface area contributed by atoms with E-state index in [-0.39, 0.29) is 12.4 Å². The van der Waals surface area contributed by atoms with Crippen molar-refractivity contribution in [1.82, 2.24) is 9.99 Å². The maximum atomic E-state index is 12.6. The molecule has 220 valence electrons. The van der Waals surface area contributed by atoms with E-state index in [1.165, 1.54) is 17.6 Å². The summed E-state index contributed by atoms with van der Waals surface area (Å²) in [4.78, 5) is 12.6. The van der Waals surface area contributed by atoms with Gasteiger partial charge in [-0.15, -0.1) is 0 Å². The lowest BCUT2D eigenvalue weighted by atomic mass is 10.2. The molecule has 0 bridgehead atoms. The molecular weight excluding hydrogens is 610 g/mol. The van der Waals surface area contributed by atoms with Crippen LogP contribution in [0.5, 0.6) is 17.2 Å². The molecule has 0 fully saturated rings. The van der Waals surface area contributed by atoms with Gasteiger partial charge in [0.2, 0.25) is 0 Å². The minimum absolute atomic E-state index is 0.130. The number of carbonyl (C=O) groups is 1. The number of aryl methyl sites for hydroxylation is 2. The topological polar surface area (TPSA) is 87.2 Å². The van der Waals surface area contributed by atoms with Gasteiger partial charge in [-0.05, 0) is 108 Å². The molecule has 8 nitrogen and oxygen atoms in total. The van der Waals surface area contributed by atoms with Gasteiger partial charge in [-0.25, -0.2) is 5.43 Å². The zero-order valence-corrected chi connectivity index (χ0v) is 25.8. The van der Waals surface area contributed by atoms with E-state index in [1.54, 1.807) is 18.2 Å². The number of nitrogens with one attached hydrogen (secondary N) is 1. The third kappa shape index (κ3) is 7.55. The minimum Gasteiger partial charge on any atom is -0.490 e. The summed E-state index contributed by atoms with van der Waals surface area (Å²) in [5.41, 5.74) is 7.67. The Hall–Kier alpha value is -4.76.